The molecule has 0 heterocycles. The minimum Gasteiger partial charge on any atom is -0.497 e. The number of ether oxygens (including phenoxy) is 2. The molecule has 2 aromatic rings. The molecule has 2 amide bonds. The third-order valence-electron chi connectivity index (χ3n) is 4.33. The number of methoxy groups -OCH3 is 1. The molecule has 1 unspecified atom stereocenters. The number of alkyl halides is 3. The fourth-order valence-electron chi connectivity index (χ4n) is 2.86. The van der Waals surface area contributed by atoms with E-state index in [9.17, 15) is 22.8 Å². The van der Waals surface area contributed by atoms with Crippen molar-refractivity contribution in [2.45, 2.75) is 38.9 Å². The quantitative estimate of drug-likeness (QED) is 0.595. The van der Waals surface area contributed by atoms with Gasteiger partial charge in [0, 0.05) is 6.92 Å². The van der Waals surface area contributed by atoms with Crippen molar-refractivity contribution in [2.75, 3.05) is 19.0 Å². The number of hydrogen-bond donors (Lipinski definition) is 2. The Bertz CT molecular complexity index is 899. The van der Waals surface area contributed by atoms with Crippen LogP contribution < -0.4 is 20.1 Å². The minimum atomic E-state index is -4.56. The SMILES string of the molecule is CCCOc1ccc(C(F)(F)F)cc1NC(=O)CC(NC(C)=O)c1ccc(OC)cc1. The maximum atomic E-state index is 13.1. The molecule has 0 radical (unpaired) electrons. The number of amides is 2. The Morgan fingerprint density at radius 1 is 1.10 bits per heavy atom. The van der Waals surface area contributed by atoms with E-state index in [2.05, 4.69) is 10.6 Å². The summed E-state index contributed by atoms with van der Waals surface area (Å²) in [6.45, 7) is 3.46. The summed E-state index contributed by atoms with van der Waals surface area (Å²) in [7, 11) is 1.51. The van der Waals surface area contributed by atoms with Crippen molar-refractivity contribution in [3.63, 3.8) is 0 Å². The van der Waals surface area contributed by atoms with Crippen LogP contribution in [0.5, 0.6) is 11.5 Å². The van der Waals surface area contributed by atoms with Crippen LogP contribution in [0.25, 0.3) is 0 Å². The van der Waals surface area contributed by atoms with Crippen LogP contribution in [0.2, 0.25) is 0 Å². The molecule has 0 saturated heterocycles. The van der Waals surface area contributed by atoms with Crippen molar-refractivity contribution < 1.29 is 32.2 Å². The van der Waals surface area contributed by atoms with Crippen LogP contribution in [-0.4, -0.2) is 25.5 Å². The molecular weight excluding hydrogens is 413 g/mol. The first kappa shape index (κ1) is 24.0. The molecule has 168 valence electrons. The Balaban J connectivity index is 2.24. The van der Waals surface area contributed by atoms with Gasteiger partial charge in [0.15, 0.2) is 0 Å². The van der Waals surface area contributed by atoms with Gasteiger partial charge in [-0.05, 0) is 42.3 Å². The maximum absolute atomic E-state index is 13.1. The van der Waals surface area contributed by atoms with Gasteiger partial charge in [0.05, 0.1) is 37.4 Å². The van der Waals surface area contributed by atoms with Crippen LogP contribution in [0.15, 0.2) is 42.5 Å². The zero-order valence-electron chi connectivity index (χ0n) is 17.5. The van der Waals surface area contributed by atoms with E-state index >= 15 is 0 Å². The Labute approximate surface area is 178 Å². The predicted molar refractivity (Wildman–Crippen MR) is 110 cm³/mol. The molecule has 0 aliphatic rings. The van der Waals surface area contributed by atoms with Crippen LogP contribution in [0, 0.1) is 0 Å². The van der Waals surface area contributed by atoms with Crippen LogP contribution in [0.1, 0.15) is 43.9 Å². The predicted octanol–water partition coefficient (Wildman–Crippen LogP) is 4.71. The maximum Gasteiger partial charge on any atom is 0.416 e. The van der Waals surface area contributed by atoms with Gasteiger partial charge in [-0.3, -0.25) is 9.59 Å². The number of carbonyl (C=O) groups is 2. The zero-order chi connectivity index (χ0) is 23.0. The minimum absolute atomic E-state index is 0.0791. The normalized spacial score (nSPS) is 12.1. The summed E-state index contributed by atoms with van der Waals surface area (Å²) in [5.41, 5.74) is -0.331. The van der Waals surface area contributed by atoms with Crippen molar-refractivity contribution in [3.05, 3.63) is 53.6 Å². The highest BCUT2D eigenvalue weighted by Gasteiger charge is 2.31. The number of carbonyl (C=O) groups excluding carboxylic acids is 2. The molecule has 0 fully saturated rings. The lowest BCUT2D eigenvalue weighted by molar-refractivity contribution is -0.137. The molecule has 6 nitrogen and oxygen atoms in total. The van der Waals surface area contributed by atoms with E-state index in [0.717, 1.165) is 12.1 Å². The third-order valence-corrected chi connectivity index (χ3v) is 4.33. The Morgan fingerprint density at radius 2 is 1.77 bits per heavy atom. The summed E-state index contributed by atoms with van der Waals surface area (Å²) in [5, 5.41) is 5.17. The van der Waals surface area contributed by atoms with E-state index in [4.69, 9.17) is 9.47 Å². The molecule has 31 heavy (non-hydrogen) atoms. The highest BCUT2D eigenvalue weighted by Crippen LogP contribution is 2.35. The number of hydrogen-bond acceptors (Lipinski definition) is 4. The number of rotatable bonds is 9. The Morgan fingerprint density at radius 3 is 2.32 bits per heavy atom. The summed E-state index contributed by atoms with van der Waals surface area (Å²) < 4.78 is 49.9. The van der Waals surface area contributed by atoms with E-state index in [0.29, 0.717) is 17.7 Å². The van der Waals surface area contributed by atoms with E-state index in [-0.39, 0.29) is 30.4 Å². The first-order chi connectivity index (χ1) is 14.6. The van der Waals surface area contributed by atoms with E-state index in [1.807, 2.05) is 6.92 Å². The van der Waals surface area contributed by atoms with Gasteiger partial charge in [0.25, 0.3) is 0 Å². The highest BCUT2D eigenvalue weighted by molar-refractivity contribution is 5.93. The van der Waals surface area contributed by atoms with Gasteiger partial charge in [-0.15, -0.1) is 0 Å². The van der Waals surface area contributed by atoms with Gasteiger partial charge in [-0.2, -0.15) is 13.2 Å². The standard InChI is InChI=1S/C22H25F3N2O4/c1-4-11-31-20-10-7-16(22(23,24)25)12-19(20)27-21(29)13-18(26-14(2)28)15-5-8-17(30-3)9-6-15/h5-10,12,18H,4,11,13H2,1-3H3,(H,26,28)(H,27,29). The number of nitrogens with one attached hydrogen (secondary N) is 2. The van der Waals surface area contributed by atoms with Crippen molar-refractivity contribution in [1.82, 2.24) is 5.32 Å². The van der Waals surface area contributed by atoms with Crippen molar-refractivity contribution in [1.29, 1.82) is 0 Å². The third kappa shape index (κ3) is 7.20. The average molecular weight is 438 g/mol. The summed E-state index contributed by atoms with van der Waals surface area (Å²) in [4.78, 5) is 24.3. The lowest BCUT2D eigenvalue weighted by Crippen LogP contribution is -2.29. The summed E-state index contributed by atoms with van der Waals surface area (Å²) in [5.74, 6) is -0.171. The molecule has 9 heteroatoms. The Kier molecular flexibility index (Phi) is 8.30. The molecule has 0 bridgehead atoms. The second kappa shape index (κ2) is 10.7. The van der Waals surface area contributed by atoms with Gasteiger partial charge >= 0.3 is 6.18 Å². The molecule has 0 spiro atoms. The first-order valence-corrected chi connectivity index (χ1v) is 9.69. The van der Waals surface area contributed by atoms with E-state index in [1.54, 1.807) is 24.3 Å². The van der Waals surface area contributed by atoms with Crippen LogP contribution in [0.3, 0.4) is 0 Å². The van der Waals surface area contributed by atoms with Gasteiger partial charge < -0.3 is 20.1 Å². The summed E-state index contributed by atoms with van der Waals surface area (Å²) in [6, 6.07) is 9.02. The smallest absolute Gasteiger partial charge is 0.416 e. The summed E-state index contributed by atoms with van der Waals surface area (Å²) in [6.07, 6.45) is -4.10. The molecule has 0 aromatic heterocycles. The van der Waals surface area contributed by atoms with Gasteiger partial charge in [0.2, 0.25) is 11.8 Å². The van der Waals surface area contributed by atoms with E-state index < -0.39 is 23.7 Å². The fourth-order valence-corrected chi connectivity index (χ4v) is 2.86. The van der Waals surface area contributed by atoms with Crippen molar-refractivity contribution >= 4 is 17.5 Å². The first-order valence-electron chi connectivity index (χ1n) is 9.69. The lowest BCUT2D eigenvalue weighted by Gasteiger charge is -2.20. The van der Waals surface area contributed by atoms with Crippen molar-refractivity contribution in [3.8, 4) is 11.5 Å². The van der Waals surface area contributed by atoms with Crippen LogP contribution in [0.4, 0.5) is 18.9 Å². The second-order valence-corrected chi connectivity index (χ2v) is 6.84. The van der Waals surface area contributed by atoms with Crippen LogP contribution >= 0.6 is 0 Å². The summed E-state index contributed by atoms with van der Waals surface area (Å²) >= 11 is 0. The number of anilines is 1. The number of benzene rings is 2. The van der Waals surface area contributed by atoms with Gasteiger partial charge in [0.1, 0.15) is 11.5 Å². The molecule has 2 aromatic carbocycles. The molecule has 2 rings (SSSR count). The van der Waals surface area contributed by atoms with E-state index in [1.165, 1.54) is 20.1 Å². The fraction of sp³-hybridized carbons (Fsp3) is 0.364. The molecule has 0 aliphatic heterocycles. The highest BCUT2D eigenvalue weighted by atomic mass is 19.4. The van der Waals surface area contributed by atoms with Gasteiger partial charge in [-0.1, -0.05) is 19.1 Å². The lowest BCUT2D eigenvalue weighted by atomic mass is 10.0. The molecular formula is C22H25F3N2O4. The number of halogens is 3. The largest absolute Gasteiger partial charge is 0.497 e. The monoisotopic (exact) mass is 438 g/mol. The zero-order valence-corrected chi connectivity index (χ0v) is 17.5. The molecule has 0 saturated carbocycles. The molecule has 2 N–H and O–H groups in total. The second-order valence-electron chi connectivity index (χ2n) is 6.84. The molecule has 0 aliphatic carbocycles. The average Bonchev–Trinajstić information content (AvgIpc) is 2.71. The van der Waals surface area contributed by atoms with Gasteiger partial charge in [-0.25, -0.2) is 0 Å². The Hall–Kier alpha value is -3.23. The van der Waals surface area contributed by atoms with Crippen molar-refractivity contribution in [2.24, 2.45) is 0 Å². The van der Waals surface area contributed by atoms with Crippen LogP contribution in [-0.2, 0) is 15.8 Å². The molecule has 1 atom stereocenters. The topological polar surface area (TPSA) is 76.7 Å².